The number of fused-ring (bicyclic) bond motifs is 1. The first-order chi connectivity index (χ1) is 9.74. The fourth-order valence-corrected chi connectivity index (χ4v) is 3.36. The number of halogens is 1. The summed E-state index contributed by atoms with van der Waals surface area (Å²) in [7, 11) is 0. The molecule has 0 fully saturated rings. The number of nitrogens with zero attached hydrogens (tertiary/aromatic N) is 1. The highest BCUT2D eigenvalue weighted by Gasteiger charge is 2.22. The lowest BCUT2D eigenvalue weighted by molar-refractivity contribution is 0.257. The van der Waals surface area contributed by atoms with Gasteiger partial charge in [0.15, 0.2) is 0 Å². The van der Waals surface area contributed by atoms with Gasteiger partial charge in [-0.05, 0) is 36.4 Å². The monoisotopic (exact) mass is 348 g/mol. The van der Waals surface area contributed by atoms with E-state index in [0.29, 0.717) is 0 Å². The molecule has 1 heterocycles. The van der Waals surface area contributed by atoms with Crippen molar-refractivity contribution in [3.05, 3.63) is 53.0 Å². The van der Waals surface area contributed by atoms with E-state index in [1.165, 1.54) is 0 Å². The number of para-hydroxylation sites is 1. The second-order valence-corrected chi connectivity index (χ2v) is 6.46. The van der Waals surface area contributed by atoms with E-state index in [2.05, 4.69) is 27.3 Å². The molecule has 0 saturated carbocycles. The zero-order chi connectivity index (χ0) is 13.9. The molecule has 5 heteroatoms. The Morgan fingerprint density at radius 2 is 1.90 bits per heavy atom. The molecule has 0 bridgehead atoms. The van der Waals surface area contributed by atoms with Crippen molar-refractivity contribution in [3.63, 3.8) is 0 Å². The van der Waals surface area contributed by atoms with Crippen LogP contribution >= 0.6 is 27.7 Å². The van der Waals surface area contributed by atoms with Gasteiger partial charge in [-0.2, -0.15) is 0 Å². The van der Waals surface area contributed by atoms with Gasteiger partial charge in [-0.15, -0.1) is 11.8 Å². The maximum atomic E-state index is 12.4. The minimum Gasteiger partial charge on any atom is -0.308 e. The van der Waals surface area contributed by atoms with E-state index in [-0.39, 0.29) is 6.03 Å². The van der Waals surface area contributed by atoms with Crippen LogP contribution in [0.3, 0.4) is 0 Å². The molecule has 0 radical (unpaired) electrons. The zero-order valence-electron chi connectivity index (χ0n) is 10.7. The largest absolute Gasteiger partial charge is 0.326 e. The van der Waals surface area contributed by atoms with Crippen LogP contribution in [0.15, 0.2) is 57.9 Å². The summed E-state index contributed by atoms with van der Waals surface area (Å²) in [6, 6.07) is 15.5. The van der Waals surface area contributed by atoms with Crippen LogP contribution in [0.4, 0.5) is 16.2 Å². The Kier molecular flexibility index (Phi) is 3.98. The Balaban J connectivity index is 1.80. The number of anilines is 2. The van der Waals surface area contributed by atoms with Crippen molar-refractivity contribution in [2.24, 2.45) is 0 Å². The maximum absolute atomic E-state index is 12.4. The summed E-state index contributed by atoms with van der Waals surface area (Å²) < 4.78 is 0.996. The van der Waals surface area contributed by atoms with Crippen molar-refractivity contribution in [2.75, 3.05) is 22.5 Å². The van der Waals surface area contributed by atoms with E-state index in [1.54, 1.807) is 16.7 Å². The average molecular weight is 349 g/mol. The average Bonchev–Trinajstić information content (AvgIpc) is 2.49. The van der Waals surface area contributed by atoms with Crippen LogP contribution in [0, 0.1) is 0 Å². The first-order valence-electron chi connectivity index (χ1n) is 6.30. The van der Waals surface area contributed by atoms with E-state index in [9.17, 15) is 4.79 Å². The summed E-state index contributed by atoms with van der Waals surface area (Å²) >= 11 is 5.17. The van der Waals surface area contributed by atoms with Crippen LogP contribution in [0.5, 0.6) is 0 Å². The molecule has 2 aromatic carbocycles. The Bertz CT molecular complexity index is 630. The lowest BCUT2D eigenvalue weighted by atomic mass is 10.3. The van der Waals surface area contributed by atoms with Crippen LogP contribution < -0.4 is 10.2 Å². The number of hydrogen-bond donors (Lipinski definition) is 1. The topological polar surface area (TPSA) is 32.3 Å². The van der Waals surface area contributed by atoms with Crippen LogP contribution in [0.1, 0.15) is 0 Å². The van der Waals surface area contributed by atoms with Gasteiger partial charge in [-0.3, -0.25) is 4.90 Å². The van der Waals surface area contributed by atoms with E-state index >= 15 is 0 Å². The van der Waals surface area contributed by atoms with Gasteiger partial charge >= 0.3 is 6.03 Å². The van der Waals surface area contributed by atoms with Crippen molar-refractivity contribution >= 4 is 45.1 Å². The number of thioether (sulfide) groups is 1. The van der Waals surface area contributed by atoms with Crippen molar-refractivity contribution in [3.8, 4) is 0 Å². The van der Waals surface area contributed by atoms with Gasteiger partial charge in [0.1, 0.15) is 0 Å². The fourth-order valence-electron chi connectivity index (χ4n) is 2.10. The van der Waals surface area contributed by atoms with E-state index < -0.39 is 0 Å². The lowest BCUT2D eigenvalue weighted by Crippen LogP contribution is -2.38. The van der Waals surface area contributed by atoms with Crippen molar-refractivity contribution in [1.29, 1.82) is 0 Å². The third kappa shape index (κ3) is 2.83. The first-order valence-corrected chi connectivity index (χ1v) is 8.08. The number of carbonyl (C=O) groups excluding carboxylic acids is 1. The predicted octanol–water partition coefficient (Wildman–Crippen LogP) is 4.59. The van der Waals surface area contributed by atoms with Crippen molar-refractivity contribution in [1.82, 2.24) is 0 Å². The Labute approximate surface area is 130 Å². The third-order valence-corrected chi connectivity index (χ3v) is 4.64. The Morgan fingerprint density at radius 1 is 1.15 bits per heavy atom. The molecule has 1 aliphatic heterocycles. The molecule has 1 N–H and O–H groups in total. The number of nitrogens with one attached hydrogen (secondary N) is 1. The highest BCUT2D eigenvalue weighted by molar-refractivity contribution is 9.10. The van der Waals surface area contributed by atoms with Gasteiger partial charge < -0.3 is 5.32 Å². The number of urea groups is 1. The lowest BCUT2D eigenvalue weighted by Gasteiger charge is -2.29. The summed E-state index contributed by atoms with van der Waals surface area (Å²) in [6.45, 7) is 0.726. The van der Waals surface area contributed by atoms with E-state index in [0.717, 1.165) is 33.0 Å². The molecule has 0 aliphatic carbocycles. The molecule has 0 atom stereocenters. The van der Waals surface area contributed by atoms with Gasteiger partial charge in [-0.1, -0.05) is 28.1 Å². The molecule has 20 heavy (non-hydrogen) atoms. The molecule has 2 amide bonds. The standard InChI is InChI=1S/C15H13BrN2OS/c16-11-5-7-12(8-6-11)17-15(19)18-9-10-20-14-4-2-1-3-13(14)18/h1-8H,9-10H2,(H,17,19). The van der Waals surface area contributed by atoms with Crippen molar-refractivity contribution < 1.29 is 4.79 Å². The minimum atomic E-state index is -0.0833. The van der Waals surface area contributed by atoms with Gasteiger partial charge in [0.2, 0.25) is 0 Å². The van der Waals surface area contributed by atoms with Crippen LogP contribution in [-0.2, 0) is 0 Å². The van der Waals surface area contributed by atoms with Gasteiger partial charge in [0, 0.05) is 27.4 Å². The molecular formula is C15H13BrN2OS. The molecule has 0 aromatic heterocycles. The Morgan fingerprint density at radius 3 is 2.70 bits per heavy atom. The first kappa shape index (κ1) is 13.5. The molecule has 0 unspecified atom stereocenters. The molecular weight excluding hydrogens is 336 g/mol. The fraction of sp³-hybridized carbons (Fsp3) is 0.133. The third-order valence-electron chi connectivity index (χ3n) is 3.07. The summed E-state index contributed by atoms with van der Waals surface area (Å²) in [5, 5.41) is 2.94. The number of carbonyl (C=O) groups is 1. The second kappa shape index (κ2) is 5.89. The Hall–Kier alpha value is -1.46. The number of amides is 2. The molecule has 2 aromatic rings. The van der Waals surface area contributed by atoms with Crippen LogP contribution in [0.25, 0.3) is 0 Å². The quantitative estimate of drug-likeness (QED) is 0.817. The number of hydrogen-bond acceptors (Lipinski definition) is 2. The summed E-state index contributed by atoms with van der Waals surface area (Å²) in [6.07, 6.45) is 0. The van der Waals surface area contributed by atoms with Gasteiger partial charge in [0.25, 0.3) is 0 Å². The molecule has 0 saturated heterocycles. The molecule has 3 nitrogen and oxygen atoms in total. The molecule has 102 valence electrons. The highest BCUT2D eigenvalue weighted by atomic mass is 79.9. The summed E-state index contributed by atoms with van der Waals surface area (Å²) in [5.41, 5.74) is 1.78. The van der Waals surface area contributed by atoms with Crippen molar-refractivity contribution in [2.45, 2.75) is 4.90 Å². The van der Waals surface area contributed by atoms with Gasteiger partial charge in [-0.25, -0.2) is 4.79 Å². The normalized spacial score (nSPS) is 13.8. The van der Waals surface area contributed by atoms with Crippen LogP contribution in [-0.4, -0.2) is 18.3 Å². The predicted molar refractivity (Wildman–Crippen MR) is 87.7 cm³/mol. The van der Waals surface area contributed by atoms with Crippen LogP contribution in [0.2, 0.25) is 0 Å². The summed E-state index contributed by atoms with van der Waals surface area (Å²) in [5.74, 6) is 0.921. The molecule has 3 rings (SSSR count). The number of benzene rings is 2. The number of rotatable bonds is 1. The maximum Gasteiger partial charge on any atom is 0.326 e. The second-order valence-electron chi connectivity index (χ2n) is 4.40. The molecule has 1 aliphatic rings. The zero-order valence-corrected chi connectivity index (χ0v) is 13.1. The van der Waals surface area contributed by atoms with E-state index in [1.807, 2.05) is 42.5 Å². The van der Waals surface area contributed by atoms with E-state index in [4.69, 9.17) is 0 Å². The SMILES string of the molecule is O=C(Nc1ccc(Br)cc1)N1CCSc2ccccc21. The minimum absolute atomic E-state index is 0.0833. The van der Waals surface area contributed by atoms with Gasteiger partial charge in [0.05, 0.1) is 5.69 Å². The summed E-state index contributed by atoms with van der Waals surface area (Å²) in [4.78, 5) is 15.4. The smallest absolute Gasteiger partial charge is 0.308 e. The highest BCUT2D eigenvalue weighted by Crippen LogP contribution is 2.34. The molecule has 0 spiro atoms.